The zero-order chi connectivity index (χ0) is 35.4. The molecule has 3 rings (SSSR count). The molecule has 0 aromatic heterocycles. The molecule has 0 bridgehead atoms. The predicted molar refractivity (Wildman–Crippen MR) is 178 cm³/mol. The average Bonchev–Trinajstić information content (AvgIpc) is 3.12. The quantitative estimate of drug-likeness (QED) is 0.0711. The fourth-order valence-corrected chi connectivity index (χ4v) is 5.90. The highest BCUT2D eigenvalue weighted by Gasteiger charge is 2.29. The lowest BCUT2D eigenvalue weighted by molar-refractivity contribution is -0.151. The first-order chi connectivity index (χ1) is 23.7. The minimum absolute atomic E-state index is 0.0272. The van der Waals surface area contributed by atoms with E-state index >= 15 is 0 Å². The molecule has 2 aliphatic carbocycles. The number of benzene rings is 1. The van der Waals surface area contributed by atoms with Gasteiger partial charge in [-0.2, -0.15) is 0 Å². The molecule has 2 aliphatic rings. The lowest BCUT2D eigenvalue weighted by atomic mass is 9.82. The second-order valence-electron chi connectivity index (χ2n) is 12.5. The van der Waals surface area contributed by atoms with Gasteiger partial charge in [-0.15, -0.1) is 0 Å². The highest BCUT2D eigenvalue weighted by molar-refractivity contribution is 5.91. The zero-order valence-electron chi connectivity index (χ0n) is 28.3. The van der Waals surface area contributed by atoms with Crippen LogP contribution in [0, 0.1) is 23.7 Å². The van der Waals surface area contributed by atoms with Crippen LogP contribution in [-0.4, -0.2) is 74.6 Å². The van der Waals surface area contributed by atoms with Gasteiger partial charge < -0.3 is 33.5 Å². The Labute approximate surface area is 288 Å². The molecule has 0 aliphatic heterocycles. The van der Waals surface area contributed by atoms with Gasteiger partial charge >= 0.3 is 29.8 Å². The van der Waals surface area contributed by atoms with E-state index in [9.17, 15) is 29.1 Å². The molecule has 0 unspecified atom stereocenters. The Morgan fingerprint density at radius 2 is 1.06 bits per heavy atom. The van der Waals surface area contributed by atoms with E-state index in [-0.39, 0.29) is 73.4 Å². The summed E-state index contributed by atoms with van der Waals surface area (Å²) in [7, 11) is 0. The Morgan fingerprint density at radius 1 is 0.633 bits per heavy atom. The number of carbonyl (C=O) groups is 5. The number of aromatic carboxylic acids is 1. The first-order valence-corrected chi connectivity index (χ1v) is 17.2. The summed E-state index contributed by atoms with van der Waals surface area (Å²) < 4.78 is 32.5. The van der Waals surface area contributed by atoms with Gasteiger partial charge in [0.25, 0.3) is 0 Å². The zero-order valence-corrected chi connectivity index (χ0v) is 28.3. The summed E-state index contributed by atoms with van der Waals surface area (Å²) in [5, 5.41) is 9.83. The number of esters is 4. The minimum Gasteiger partial charge on any atom is -0.493 e. The van der Waals surface area contributed by atoms with Gasteiger partial charge in [-0.1, -0.05) is 13.2 Å². The van der Waals surface area contributed by atoms with Crippen LogP contribution in [0.3, 0.4) is 0 Å². The number of rotatable bonds is 21. The van der Waals surface area contributed by atoms with Crippen LogP contribution in [0.5, 0.6) is 11.5 Å². The number of carboxylic acid groups (broad SMARTS) is 1. The highest BCUT2D eigenvalue weighted by Crippen LogP contribution is 2.33. The molecule has 0 atom stereocenters. The monoisotopic (exact) mass is 686 g/mol. The third-order valence-electron chi connectivity index (χ3n) is 8.89. The fourth-order valence-electron chi connectivity index (χ4n) is 5.90. The Balaban J connectivity index is 1.31. The second-order valence-corrected chi connectivity index (χ2v) is 12.5. The molecule has 0 radical (unpaired) electrons. The topological polar surface area (TPSA) is 161 Å². The summed E-state index contributed by atoms with van der Waals surface area (Å²) in [6, 6.07) is 4.81. The Hall–Kier alpha value is -4.35. The van der Waals surface area contributed by atoms with Gasteiger partial charge in [0, 0.05) is 12.2 Å². The van der Waals surface area contributed by atoms with Crippen molar-refractivity contribution >= 4 is 29.8 Å². The summed E-state index contributed by atoms with van der Waals surface area (Å²) in [6.07, 6.45) is 10.6. The molecule has 2 saturated carbocycles. The number of hydrogen-bond donors (Lipinski definition) is 1. The van der Waals surface area contributed by atoms with E-state index < -0.39 is 17.9 Å². The third-order valence-corrected chi connectivity index (χ3v) is 8.89. The van der Waals surface area contributed by atoms with Crippen LogP contribution in [0.15, 0.2) is 43.5 Å². The second kappa shape index (κ2) is 21.6. The number of carboxylic acids is 1. The van der Waals surface area contributed by atoms with E-state index in [2.05, 4.69) is 13.2 Å². The Kier molecular flexibility index (Phi) is 17.2. The SMILES string of the molecule is C=CC(=O)OCCCCOC(=O)C1CCC(COc2ccc(OCC3CCC(C(=O)OCCCCOC(=O)C=C)CC3)c(C(=O)O)c2)CC1. The van der Waals surface area contributed by atoms with Crippen LogP contribution in [0.4, 0.5) is 0 Å². The van der Waals surface area contributed by atoms with Crippen molar-refractivity contribution in [1.29, 1.82) is 0 Å². The van der Waals surface area contributed by atoms with E-state index in [0.717, 1.165) is 37.8 Å². The van der Waals surface area contributed by atoms with E-state index in [1.807, 2.05) is 0 Å². The number of hydrogen-bond acceptors (Lipinski definition) is 11. The Morgan fingerprint density at radius 3 is 1.49 bits per heavy atom. The number of unbranched alkanes of at least 4 members (excludes halogenated alkanes) is 2. The maximum atomic E-state index is 12.4. The maximum absolute atomic E-state index is 12.4. The average molecular weight is 687 g/mol. The lowest BCUT2D eigenvalue weighted by Gasteiger charge is -2.27. The number of ether oxygens (including phenoxy) is 6. The van der Waals surface area contributed by atoms with Crippen LogP contribution >= 0.6 is 0 Å². The van der Waals surface area contributed by atoms with Crippen LogP contribution in [-0.2, 0) is 38.1 Å². The van der Waals surface area contributed by atoms with Crippen molar-refractivity contribution < 1.29 is 57.5 Å². The molecule has 270 valence electrons. The van der Waals surface area contributed by atoms with Crippen molar-refractivity contribution in [3.05, 3.63) is 49.1 Å². The summed E-state index contributed by atoms with van der Waals surface area (Å²) in [5.74, 6) is -1.60. The predicted octanol–water partition coefficient (Wildman–Crippen LogP) is 5.86. The maximum Gasteiger partial charge on any atom is 0.339 e. The van der Waals surface area contributed by atoms with Gasteiger partial charge in [-0.05, 0) is 107 Å². The van der Waals surface area contributed by atoms with E-state index in [1.54, 1.807) is 12.1 Å². The fraction of sp³-hybridized carbons (Fsp3) is 0.595. The van der Waals surface area contributed by atoms with Crippen molar-refractivity contribution in [2.24, 2.45) is 23.7 Å². The first-order valence-electron chi connectivity index (χ1n) is 17.2. The molecule has 0 saturated heterocycles. The largest absolute Gasteiger partial charge is 0.493 e. The molecule has 49 heavy (non-hydrogen) atoms. The van der Waals surface area contributed by atoms with Crippen molar-refractivity contribution in [2.45, 2.75) is 77.0 Å². The van der Waals surface area contributed by atoms with E-state index in [4.69, 9.17) is 28.4 Å². The summed E-state index contributed by atoms with van der Waals surface area (Å²) >= 11 is 0. The van der Waals surface area contributed by atoms with Crippen LogP contribution in [0.25, 0.3) is 0 Å². The first kappa shape index (κ1) is 39.1. The van der Waals surface area contributed by atoms with Crippen molar-refractivity contribution in [1.82, 2.24) is 0 Å². The van der Waals surface area contributed by atoms with Gasteiger partial charge in [0.15, 0.2) is 0 Å². The molecular weight excluding hydrogens is 636 g/mol. The minimum atomic E-state index is -1.11. The molecule has 12 nitrogen and oxygen atoms in total. The molecule has 1 N–H and O–H groups in total. The summed E-state index contributed by atoms with van der Waals surface area (Å²) in [6.45, 7) is 8.54. The molecule has 12 heteroatoms. The highest BCUT2D eigenvalue weighted by atomic mass is 16.5. The van der Waals surface area contributed by atoms with Gasteiger partial charge in [0.2, 0.25) is 0 Å². The van der Waals surface area contributed by atoms with Gasteiger partial charge in [0.05, 0.1) is 51.5 Å². The normalized spacial score (nSPS) is 20.2. The summed E-state index contributed by atoms with van der Waals surface area (Å²) in [5.41, 5.74) is 0.0272. The van der Waals surface area contributed by atoms with Crippen LogP contribution in [0.2, 0.25) is 0 Å². The number of carbonyl (C=O) groups excluding carboxylic acids is 4. The molecule has 1 aromatic rings. The van der Waals surface area contributed by atoms with Crippen LogP contribution in [0.1, 0.15) is 87.4 Å². The molecule has 2 fully saturated rings. The third kappa shape index (κ3) is 14.3. The molecule has 0 spiro atoms. The van der Waals surface area contributed by atoms with Crippen molar-refractivity contribution in [3.8, 4) is 11.5 Å². The Bertz CT molecular complexity index is 1260. The van der Waals surface area contributed by atoms with Gasteiger partial charge in [0.1, 0.15) is 17.1 Å². The molecule has 1 aromatic carbocycles. The molecular formula is C37H50O12. The lowest BCUT2D eigenvalue weighted by Crippen LogP contribution is -2.26. The van der Waals surface area contributed by atoms with Crippen molar-refractivity contribution in [2.75, 3.05) is 39.6 Å². The van der Waals surface area contributed by atoms with Crippen LogP contribution < -0.4 is 9.47 Å². The van der Waals surface area contributed by atoms with Gasteiger partial charge in [-0.25, -0.2) is 14.4 Å². The van der Waals surface area contributed by atoms with E-state index in [0.29, 0.717) is 70.3 Å². The standard InChI is InChI=1S/C37H50O12/c1-3-33(38)44-19-5-7-21-46-36(42)28-13-9-26(10-14-28)24-48-30-17-18-32(31(23-30)35(40)41)49-25-27-11-15-29(16-12-27)37(43)47-22-8-6-20-45-34(39)4-2/h3-4,17-18,23,26-29H,1-2,5-16,19-22,24-25H2,(H,40,41). The van der Waals surface area contributed by atoms with Crippen molar-refractivity contribution in [3.63, 3.8) is 0 Å². The molecule has 0 heterocycles. The van der Waals surface area contributed by atoms with E-state index in [1.165, 1.54) is 6.07 Å². The smallest absolute Gasteiger partial charge is 0.339 e. The van der Waals surface area contributed by atoms with Gasteiger partial charge in [-0.3, -0.25) is 9.59 Å². The molecule has 0 amide bonds. The summed E-state index contributed by atoms with van der Waals surface area (Å²) in [4.78, 5) is 59.0.